The van der Waals surface area contributed by atoms with E-state index in [0.29, 0.717) is 37.4 Å². The van der Waals surface area contributed by atoms with Crippen LogP contribution in [0, 0.1) is 0 Å². The monoisotopic (exact) mass is 334 g/mol. The Labute approximate surface area is 142 Å². The molecule has 0 aromatic carbocycles. The lowest BCUT2D eigenvalue weighted by Crippen LogP contribution is -2.38. The summed E-state index contributed by atoms with van der Waals surface area (Å²) in [4.78, 5) is 36.1. The fourth-order valence-electron chi connectivity index (χ4n) is 3.18. The second-order valence-corrected chi connectivity index (χ2v) is 7.48. The largest absolute Gasteiger partial charge is 0.444 e. The van der Waals surface area contributed by atoms with Crippen LogP contribution < -0.4 is 10.5 Å². The summed E-state index contributed by atoms with van der Waals surface area (Å²) in [6.07, 6.45) is 3.03. The topological polar surface area (TPSA) is 78.5 Å². The number of nitrogens with one attached hydrogen (secondary N) is 1. The first-order valence-electron chi connectivity index (χ1n) is 8.68. The number of fused-ring (bicyclic) bond motifs is 1. The lowest BCUT2D eigenvalue weighted by Gasteiger charge is -2.26. The fourth-order valence-corrected chi connectivity index (χ4v) is 3.18. The van der Waals surface area contributed by atoms with Gasteiger partial charge in [0.25, 0.3) is 5.56 Å². The van der Waals surface area contributed by atoms with Crippen molar-refractivity contribution in [2.45, 2.75) is 52.1 Å². The summed E-state index contributed by atoms with van der Waals surface area (Å²) in [6, 6.07) is 0. The van der Waals surface area contributed by atoms with E-state index in [1.54, 1.807) is 4.90 Å². The molecule has 0 saturated carbocycles. The number of aromatic nitrogens is 2. The van der Waals surface area contributed by atoms with E-state index < -0.39 is 5.60 Å². The van der Waals surface area contributed by atoms with Gasteiger partial charge in [0.15, 0.2) is 0 Å². The predicted octanol–water partition coefficient (Wildman–Crippen LogP) is 1.71. The van der Waals surface area contributed by atoms with Gasteiger partial charge in [-0.1, -0.05) is 0 Å². The van der Waals surface area contributed by atoms with Gasteiger partial charge in [0.05, 0.1) is 5.69 Å². The summed E-state index contributed by atoms with van der Waals surface area (Å²) in [5, 5.41) is 0. The Morgan fingerprint density at radius 2 is 1.79 bits per heavy atom. The van der Waals surface area contributed by atoms with Gasteiger partial charge in [0, 0.05) is 38.2 Å². The summed E-state index contributed by atoms with van der Waals surface area (Å²) < 4.78 is 5.44. The molecule has 1 saturated heterocycles. The Hall–Kier alpha value is -2.05. The highest BCUT2D eigenvalue weighted by molar-refractivity contribution is 5.68. The molecule has 3 heterocycles. The SMILES string of the molecule is CC(C)(C)OC(=O)N1CCc2nc(N3CCCC3)[nH]c(=O)c2CC1. The minimum absolute atomic E-state index is 0.0760. The van der Waals surface area contributed by atoms with Gasteiger partial charge in [-0.2, -0.15) is 0 Å². The molecule has 1 fully saturated rings. The highest BCUT2D eigenvalue weighted by Gasteiger charge is 2.26. The maximum Gasteiger partial charge on any atom is 0.410 e. The zero-order chi connectivity index (χ0) is 17.3. The van der Waals surface area contributed by atoms with Crippen molar-refractivity contribution in [1.29, 1.82) is 0 Å². The van der Waals surface area contributed by atoms with E-state index in [2.05, 4.69) is 14.9 Å². The summed E-state index contributed by atoms with van der Waals surface area (Å²) in [7, 11) is 0. The Kier molecular flexibility index (Phi) is 4.51. The lowest BCUT2D eigenvalue weighted by atomic mass is 10.1. The van der Waals surface area contributed by atoms with Gasteiger partial charge >= 0.3 is 6.09 Å². The average Bonchev–Trinajstić information content (AvgIpc) is 2.92. The van der Waals surface area contributed by atoms with Gasteiger partial charge in [-0.25, -0.2) is 9.78 Å². The van der Waals surface area contributed by atoms with E-state index in [-0.39, 0.29) is 11.7 Å². The molecule has 1 N–H and O–H groups in total. The number of carbonyl (C=O) groups excluding carboxylic acids is 1. The van der Waals surface area contributed by atoms with Crippen molar-refractivity contribution in [3.05, 3.63) is 21.6 Å². The molecular weight excluding hydrogens is 308 g/mol. The van der Waals surface area contributed by atoms with Crippen LogP contribution in [0.25, 0.3) is 0 Å². The molecule has 7 heteroatoms. The number of carbonyl (C=O) groups is 1. The van der Waals surface area contributed by atoms with E-state index in [1.807, 2.05) is 20.8 Å². The number of hydrogen-bond acceptors (Lipinski definition) is 5. The second kappa shape index (κ2) is 6.45. The molecule has 0 bridgehead atoms. The van der Waals surface area contributed by atoms with E-state index in [1.165, 1.54) is 0 Å². The molecule has 0 unspecified atom stereocenters. The van der Waals surface area contributed by atoms with Gasteiger partial charge in [-0.05, 0) is 40.0 Å². The molecule has 0 aliphatic carbocycles. The van der Waals surface area contributed by atoms with Crippen LogP contribution in [-0.2, 0) is 17.6 Å². The first-order valence-corrected chi connectivity index (χ1v) is 8.68. The molecule has 2 aliphatic rings. The van der Waals surface area contributed by atoms with Crippen LogP contribution in [0.15, 0.2) is 4.79 Å². The molecule has 0 atom stereocenters. The Morgan fingerprint density at radius 1 is 1.12 bits per heavy atom. The van der Waals surface area contributed by atoms with Gasteiger partial charge in [0.2, 0.25) is 5.95 Å². The van der Waals surface area contributed by atoms with Crippen molar-refractivity contribution in [2.24, 2.45) is 0 Å². The predicted molar refractivity (Wildman–Crippen MR) is 91.5 cm³/mol. The quantitative estimate of drug-likeness (QED) is 0.846. The van der Waals surface area contributed by atoms with Gasteiger partial charge in [-0.3, -0.25) is 9.78 Å². The van der Waals surface area contributed by atoms with Crippen molar-refractivity contribution < 1.29 is 9.53 Å². The Balaban J connectivity index is 1.77. The molecule has 1 amide bonds. The van der Waals surface area contributed by atoms with E-state index in [4.69, 9.17) is 4.74 Å². The Bertz CT molecular complexity index is 671. The highest BCUT2D eigenvalue weighted by Crippen LogP contribution is 2.19. The number of anilines is 1. The third-order valence-electron chi connectivity index (χ3n) is 4.40. The fraction of sp³-hybridized carbons (Fsp3) is 0.706. The van der Waals surface area contributed by atoms with Crippen LogP contribution in [-0.4, -0.2) is 52.7 Å². The molecule has 0 radical (unpaired) electrons. The van der Waals surface area contributed by atoms with Gasteiger partial charge in [-0.15, -0.1) is 0 Å². The summed E-state index contributed by atoms with van der Waals surface area (Å²) in [6.45, 7) is 8.44. The maximum atomic E-state index is 12.4. The van der Waals surface area contributed by atoms with Crippen molar-refractivity contribution in [3.8, 4) is 0 Å². The second-order valence-electron chi connectivity index (χ2n) is 7.48. The molecular formula is C17H26N4O3. The van der Waals surface area contributed by atoms with Crippen molar-refractivity contribution >= 4 is 12.0 Å². The average molecular weight is 334 g/mol. The lowest BCUT2D eigenvalue weighted by molar-refractivity contribution is 0.0258. The number of rotatable bonds is 1. The van der Waals surface area contributed by atoms with E-state index in [9.17, 15) is 9.59 Å². The van der Waals surface area contributed by atoms with Gasteiger partial charge in [0.1, 0.15) is 5.60 Å². The van der Waals surface area contributed by atoms with Crippen LogP contribution in [0.1, 0.15) is 44.9 Å². The third kappa shape index (κ3) is 3.71. The highest BCUT2D eigenvalue weighted by atomic mass is 16.6. The number of nitrogens with zero attached hydrogens (tertiary/aromatic N) is 3. The number of amides is 1. The van der Waals surface area contributed by atoms with Crippen LogP contribution in [0.5, 0.6) is 0 Å². The molecule has 7 nitrogen and oxygen atoms in total. The van der Waals surface area contributed by atoms with E-state index >= 15 is 0 Å². The first kappa shape index (κ1) is 16.8. The minimum atomic E-state index is -0.519. The molecule has 2 aliphatic heterocycles. The molecule has 1 aromatic heterocycles. The number of ether oxygens (including phenoxy) is 1. The van der Waals surface area contributed by atoms with Crippen LogP contribution in [0.4, 0.5) is 10.7 Å². The van der Waals surface area contributed by atoms with E-state index in [0.717, 1.165) is 31.6 Å². The normalized spacial score (nSPS) is 18.3. The Morgan fingerprint density at radius 3 is 2.46 bits per heavy atom. The zero-order valence-corrected chi connectivity index (χ0v) is 14.7. The number of aromatic amines is 1. The smallest absolute Gasteiger partial charge is 0.410 e. The van der Waals surface area contributed by atoms with Crippen LogP contribution in [0.2, 0.25) is 0 Å². The first-order chi connectivity index (χ1) is 11.3. The minimum Gasteiger partial charge on any atom is -0.444 e. The summed E-state index contributed by atoms with van der Waals surface area (Å²) in [5.41, 5.74) is 0.915. The standard InChI is InChI=1S/C17H26N4O3/c1-17(2,3)24-16(23)21-10-6-12-13(7-11-21)18-15(19-14(12)22)20-8-4-5-9-20/h4-11H2,1-3H3,(H,18,19,22). The number of hydrogen-bond donors (Lipinski definition) is 1. The molecule has 0 spiro atoms. The van der Waals surface area contributed by atoms with Gasteiger partial charge < -0.3 is 14.5 Å². The summed E-state index contributed by atoms with van der Waals surface area (Å²) in [5.74, 6) is 0.668. The van der Waals surface area contributed by atoms with Crippen molar-refractivity contribution in [3.63, 3.8) is 0 Å². The molecule has 3 rings (SSSR count). The summed E-state index contributed by atoms with van der Waals surface area (Å²) >= 11 is 0. The third-order valence-corrected chi connectivity index (χ3v) is 4.40. The van der Waals surface area contributed by atoms with Crippen LogP contribution >= 0.6 is 0 Å². The van der Waals surface area contributed by atoms with Crippen molar-refractivity contribution in [1.82, 2.24) is 14.9 Å². The zero-order valence-electron chi connectivity index (χ0n) is 14.7. The molecule has 132 valence electrons. The van der Waals surface area contributed by atoms with Crippen LogP contribution in [0.3, 0.4) is 0 Å². The molecule has 24 heavy (non-hydrogen) atoms. The maximum absolute atomic E-state index is 12.4. The number of H-pyrrole nitrogens is 1. The van der Waals surface area contributed by atoms with Crippen molar-refractivity contribution in [2.75, 3.05) is 31.1 Å². The molecule has 1 aromatic rings.